The maximum atomic E-state index is 12.5. The van der Waals surface area contributed by atoms with E-state index in [-0.39, 0.29) is 54.6 Å². The molecule has 11 nitrogen and oxygen atoms in total. The highest BCUT2D eigenvalue weighted by molar-refractivity contribution is 8.00. The largest absolute Gasteiger partial charge is 0.460 e. The number of rotatable bonds is 17. The summed E-state index contributed by atoms with van der Waals surface area (Å²) in [5.74, 6) is -0.435. The van der Waals surface area contributed by atoms with Crippen molar-refractivity contribution in [1.82, 2.24) is 5.32 Å². The number of nitrogens with zero attached hydrogens (tertiary/aromatic N) is 1. The Morgan fingerprint density at radius 2 is 1.84 bits per heavy atom. The number of ether oxygens (including phenoxy) is 3. The van der Waals surface area contributed by atoms with E-state index >= 15 is 0 Å². The minimum atomic E-state index is -1.15. The Morgan fingerprint density at radius 3 is 2.51 bits per heavy atom. The lowest BCUT2D eigenvalue weighted by molar-refractivity contribution is -0.223. The monoisotopic (exact) mass is 721 g/mol. The Balaban J connectivity index is 1.70. The SMILES string of the molecule is C=CCO[C@@]12Oc3ccc(OC(=O)NCC)cc3[C@H]3[C@H](CCCCO)[C@@H](CCCCO)C=C(C(=NOC)C[C@@H]1Sc1ccc(NC(C)=O)cc1)[C@H]32. The molecule has 0 bridgehead atoms. The third-order valence-electron chi connectivity index (χ3n) is 9.81. The average molecular weight is 722 g/mol. The second-order valence-corrected chi connectivity index (χ2v) is 14.4. The summed E-state index contributed by atoms with van der Waals surface area (Å²) >= 11 is 1.63. The van der Waals surface area contributed by atoms with Gasteiger partial charge in [-0.15, -0.1) is 18.3 Å². The molecule has 0 saturated heterocycles. The van der Waals surface area contributed by atoms with Crippen LogP contribution in [-0.4, -0.2) is 72.4 Å². The van der Waals surface area contributed by atoms with Crippen LogP contribution < -0.4 is 20.1 Å². The van der Waals surface area contributed by atoms with E-state index in [0.29, 0.717) is 43.0 Å². The molecule has 2 aromatic carbocycles. The number of aliphatic hydroxyl groups is 2. The summed E-state index contributed by atoms with van der Waals surface area (Å²) in [6, 6.07) is 13.2. The molecule has 1 heterocycles. The highest BCUT2D eigenvalue weighted by atomic mass is 32.2. The highest BCUT2D eigenvalue weighted by Gasteiger charge is 2.64. The Morgan fingerprint density at radius 1 is 1.10 bits per heavy atom. The first-order valence-electron chi connectivity index (χ1n) is 17.9. The molecule has 3 aliphatic rings. The van der Waals surface area contributed by atoms with Gasteiger partial charge in [0.05, 0.1) is 23.5 Å². The number of carbonyl (C=O) groups excluding carboxylic acids is 2. The molecule has 276 valence electrons. The molecular weight excluding hydrogens is 671 g/mol. The van der Waals surface area contributed by atoms with Gasteiger partial charge >= 0.3 is 6.09 Å². The van der Waals surface area contributed by atoms with Gasteiger partial charge in [0, 0.05) is 55.2 Å². The van der Waals surface area contributed by atoms with Crippen LogP contribution in [0.4, 0.5) is 10.5 Å². The van der Waals surface area contributed by atoms with Crippen LogP contribution >= 0.6 is 11.8 Å². The van der Waals surface area contributed by atoms with Crippen LogP contribution in [0.25, 0.3) is 0 Å². The Kier molecular flexibility index (Phi) is 13.6. The molecule has 1 aliphatic heterocycles. The van der Waals surface area contributed by atoms with Gasteiger partial charge in [-0.1, -0.05) is 30.1 Å². The van der Waals surface area contributed by atoms with Gasteiger partial charge in [-0.2, -0.15) is 0 Å². The fraction of sp³-hybridized carbons (Fsp3) is 0.513. The number of hydrogen-bond donors (Lipinski definition) is 4. The van der Waals surface area contributed by atoms with E-state index in [2.05, 4.69) is 28.4 Å². The van der Waals surface area contributed by atoms with Gasteiger partial charge in [0.1, 0.15) is 18.6 Å². The number of anilines is 1. The summed E-state index contributed by atoms with van der Waals surface area (Å²) < 4.78 is 19.8. The molecule has 0 unspecified atom stereocenters. The lowest BCUT2D eigenvalue weighted by atomic mass is 9.56. The number of oxime groups is 1. The molecule has 2 aromatic rings. The van der Waals surface area contributed by atoms with E-state index in [4.69, 9.17) is 19.0 Å². The number of allylic oxidation sites excluding steroid dienone is 1. The zero-order valence-corrected chi connectivity index (χ0v) is 30.6. The standard InChI is InChI=1S/C39H51N3O8S/c1-5-21-48-39-35(51-29-16-13-27(14-17-29)41-25(3)45)24-33(42-47-4)31-22-26(11-7-9-19-43)30(12-8-10-20-44)36(37(31)39)32-23-28(15-18-34(32)50-39)49-38(46)40-6-2/h5,13-18,22-23,26,30,35-37,43-44H,1,6-12,19-21,24H2,2-4H3,(H,40,46)(H,41,45)/t26-,30+,35-,36+,37+,39+/m0/s1. The van der Waals surface area contributed by atoms with Gasteiger partial charge in [-0.25, -0.2) is 4.79 Å². The number of fused-ring (bicyclic) bond motifs is 2. The van der Waals surface area contributed by atoms with Gasteiger partial charge in [-0.05, 0) is 92.5 Å². The lowest BCUT2D eigenvalue weighted by Crippen LogP contribution is -2.64. The zero-order valence-electron chi connectivity index (χ0n) is 29.8. The first kappa shape index (κ1) is 38.4. The molecule has 12 heteroatoms. The fourth-order valence-corrected chi connectivity index (χ4v) is 9.16. The van der Waals surface area contributed by atoms with Crippen molar-refractivity contribution in [2.45, 2.75) is 80.6 Å². The smallest absolute Gasteiger partial charge is 0.412 e. The molecule has 0 spiro atoms. The van der Waals surface area contributed by atoms with Crippen molar-refractivity contribution in [3.8, 4) is 11.5 Å². The third-order valence-corrected chi connectivity index (χ3v) is 11.1. The highest BCUT2D eigenvalue weighted by Crippen LogP contribution is 2.63. The molecule has 0 aromatic heterocycles. The van der Waals surface area contributed by atoms with Crippen molar-refractivity contribution in [1.29, 1.82) is 0 Å². The molecule has 51 heavy (non-hydrogen) atoms. The minimum Gasteiger partial charge on any atom is -0.460 e. The van der Waals surface area contributed by atoms with Gasteiger partial charge in [-0.3, -0.25) is 4.79 Å². The van der Waals surface area contributed by atoms with Crippen LogP contribution in [0.15, 0.2) is 76.8 Å². The van der Waals surface area contributed by atoms with E-state index in [1.807, 2.05) is 43.3 Å². The second-order valence-electron chi connectivity index (χ2n) is 13.2. The molecule has 0 radical (unpaired) electrons. The molecule has 6 atom stereocenters. The summed E-state index contributed by atoms with van der Waals surface area (Å²) in [6.45, 7) is 8.21. The van der Waals surface area contributed by atoms with E-state index in [9.17, 15) is 19.8 Å². The number of aliphatic hydroxyl groups excluding tert-OH is 2. The minimum absolute atomic E-state index is 0.109. The first-order valence-corrected chi connectivity index (χ1v) is 18.8. The normalized spacial score (nSPS) is 25.5. The topological polar surface area (TPSA) is 148 Å². The van der Waals surface area contributed by atoms with Crippen molar-refractivity contribution < 1.29 is 38.9 Å². The first-order chi connectivity index (χ1) is 24.8. The van der Waals surface area contributed by atoms with Crippen molar-refractivity contribution in [2.24, 2.45) is 22.9 Å². The molecule has 4 N–H and O–H groups in total. The van der Waals surface area contributed by atoms with Crippen molar-refractivity contribution in [3.05, 3.63) is 72.3 Å². The number of thioether (sulfide) groups is 1. The summed E-state index contributed by atoms with van der Waals surface area (Å²) in [5.41, 5.74) is 3.46. The molecule has 1 saturated carbocycles. The summed E-state index contributed by atoms with van der Waals surface area (Å²) in [4.78, 5) is 30.7. The van der Waals surface area contributed by atoms with Crippen molar-refractivity contribution in [3.63, 3.8) is 0 Å². The Bertz CT molecular complexity index is 1580. The maximum absolute atomic E-state index is 12.5. The van der Waals surface area contributed by atoms with E-state index in [1.165, 1.54) is 6.92 Å². The summed E-state index contributed by atoms with van der Waals surface area (Å²) in [6.07, 6.45) is 8.79. The summed E-state index contributed by atoms with van der Waals surface area (Å²) in [5, 5.41) is 29.3. The molecule has 2 aliphatic carbocycles. The number of nitrogens with one attached hydrogen (secondary N) is 2. The average Bonchev–Trinajstić information content (AvgIpc) is 3.11. The van der Waals surface area contributed by atoms with E-state index in [1.54, 1.807) is 31.0 Å². The zero-order chi connectivity index (χ0) is 36.4. The number of unbranched alkanes of at least 4 members (excludes halogenated alkanes) is 2. The van der Waals surface area contributed by atoms with Crippen LogP contribution in [-0.2, 0) is 14.4 Å². The van der Waals surface area contributed by atoms with Gasteiger partial charge in [0.15, 0.2) is 0 Å². The predicted molar refractivity (Wildman–Crippen MR) is 198 cm³/mol. The number of carbonyl (C=O) groups is 2. The van der Waals surface area contributed by atoms with E-state index in [0.717, 1.165) is 47.4 Å². The predicted octanol–water partition coefficient (Wildman–Crippen LogP) is 6.81. The third kappa shape index (κ3) is 8.80. The van der Waals surface area contributed by atoms with Crippen molar-refractivity contribution in [2.75, 3.05) is 38.8 Å². The summed E-state index contributed by atoms with van der Waals surface area (Å²) in [7, 11) is 1.56. The molecule has 5 rings (SSSR count). The number of benzene rings is 2. The number of amides is 2. The maximum Gasteiger partial charge on any atom is 0.412 e. The second kappa shape index (κ2) is 18.1. The van der Waals surface area contributed by atoms with Crippen LogP contribution in [0, 0.1) is 17.8 Å². The van der Waals surface area contributed by atoms with Crippen LogP contribution in [0.5, 0.6) is 11.5 Å². The Labute approximate surface area is 304 Å². The molecule has 2 amide bonds. The fourth-order valence-electron chi connectivity index (χ4n) is 7.87. The molecule has 1 fully saturated rings. The molecular formula is C39H51N3O8S. The van der Waals surface area contributed by atoms with Crippen LogP contribution in [0.1, 0.15) is 70.3 Å². The van der Waals surface area contributed by atoms with Gasteiger partial charge < -0.3 is 39.9 Å². The van der Waals surface area contributed by atoms with Gasteiger partial charge in [0.25, 0.3) is 0 Å². The number of hydrogen-bond acceptors (Lipinski definition) is 10. The van der Waals surface area contributed by atoms with Crippen LogP contribution in [0.2, 0.25) is 0 Å². The quantitative estimate of drug-likeness (QED) is 0.0786. The lowest BCUT2D eigenvalue weighted by Gasteiger charge is -2.58. The van der Waals surface area contributed by atoms with Gasteiger partial charge in [0.2, 0.25) is 11.7 Å². The van der Waals surface area contributed by atoms with E-state index < -0.39 is 11.9 Å². The van der Waals surface area contributed by atoms with Crippen LogP contribution in [0.3, 0.4) is 0 Å². The van der Waals surface area contributed by atoms with Crippen molar-refractivity contribution >= 4 is 35.2 Å². The Hall–Kier alpha value is -3.84.